The summed E-state index contributed by atoms with van der Waals surface area (Å²) in [7, 11) is -1.88. The van der Waals surface area contributed by atoms with E-state index in [9.17, 15) is 8.42 Å². The molecule has 0 aliphatic carbocycles. The van der Waals surface area contributed by atoms with E-state index in [0.717, 1.165) is 42.8 Å². The van der Waals surface area contributed by atoms with Crippen LogP contribution in [0.25, 0.3) is 6.08 Å². The number of likely N-dealkylation sites (tertiary alicyclic amines) is 1. The second-order valence-electron chi connectivity index (χ2n) is 6.64. The van der Waals surface area contributed by atoms with Crippen molar-refractivity contribution < 1.29 is 13.2 Å². The van der Waals surface area contributed by atoms with Gasteiger partial charge >= 0.3 is 0 Å². The van der Waals surface area contributed by atoms with Crippen LogP contribution in [0.1, 0.15) is 30.0 Å². The number of benzene rings is 2. The van der Waals surface area contributed by atoms with Crippen molar-refractivity contribution >= 4 is 16.1 Å². The minimum atomic E-state index is -3.52. The van der Waals surface area contributed by atoms with Gasteiger partial charge in [-0.2, -0.15) is 0 Å². The van der Waals surface area contributed by atoms with Gasteiger partial charge in [-0.15, -0.1) is 0 Å². The first-order valence-electron chi connectivity index (χ1n) is 9.18. The van der Waals surface area contributed by atoms with Gasteiger partial charge in [0.25, 0.3) is 0 Å². The number of nitrogens with one attached hydrogen (secondary N) is 1. The van der Waals surface area contributed by atoms with Gasteiger partial charge in [0.05, 0.1) is 7.11 Å². The normalized spacial score (nSPS) is 16.6. The van der Waals surface area contributed by atoms with E-state index in [2.05, 4.69) is 9.62 Å². The SMILES string of the molecule is COc1cccc(C(CNS(=O)(=O)C=Cc2ccccc2)N2CCCC2)c1. The van der Waals surface area contributed by atoms with Gasteiger partial charge in [-0.1, -0.05) is 42.5 Å². The van der Waals surface area contributed by atoms with E-state index in [1.165, 1.54) is 5.41 Å². The van der Waals surface area contributed by atoms with Crippen LogP contribution >= 0.6 is 0 Å². The molecule has 1 heterocycles. The van der Waals surface area contributed by atoms with E-state index in [1.807, 2.05) is 54.6 Å². The molecule has 0 spiro atoms. The molecular weight excluding hydrogens is 360 g/mol. The van der Waals surface area contributed by atoms with Crippen LogP contribution in [0.5, 0.6) is 5.75 Å². The molecule has 0 bridgehead atoms. The zero-order valence-electron chi connectivity index (χ0n) is 15.5. The summed E-state index contributed by atoms with van der Waals surface area (Å²) in [5.74, 6) is 0.781. The highest BCUT2D eigenvalue weighted by molar-refractivity contribution is 7.92. The van der Waals surface area contributed by atoms with Gasteiger partial charge in [0, 0.05) is 18.0 Å². The topological polar surface area (TPSA) is 58.6 Å². The minimum absolute atomic E-state index is 0.0116. The molecular formula is C21H26N2O3S. The van der Waals surface area contributed by atoms with Gasteiger partial charge in [-0.25, -0.2) is 13.1 Å². The van der Waals surface area contributed by atoms with Gasteiger partial charge in [0.1, 0.15) is 5.75 Å². The first kappa shape index (κ1) is 19.6. The Balaban J connectivity index is 1.73. The summed E-state index contributed by atoms with van der Waals surface area (Å²) in [6, 6.07) is 17.2. The van der Waals surface area contributed by atoms with E-state index in [-0.39, 0.29) is 6.04 Å². The minimum Gasteiger partial charge on any atom is -0.497 e. The Hall–Kier alpha value is -2.15. The first-order chi connectivity index (χ1) is 13.1. The molecule has 2 aromatic rings. The second-order valence-corrected chi connectivity index (χ2v) is 8.29. The molecule has 1 N–H and O–H groups in total. The number of rotatable bonds is 8. The van der Waals surface area contributed by atoms with Crippen molar-refractivity contribution in [1.82, 2.24) is 9.62 Å². The molecule has 5 nitrogen and oxygen atoms in total. The molecule has 0 saturated carbocycles. The molecule has 1 fully saturated rings. The lowest BCUT2D eigenvalue weighted by molar-refractivity contribution is 0.246. The Bertz CT molecular complexity index is 860. The van der Waals surface area contributed by atoms with Crippen LogP contribution in [0.4, 0.5) is 0 Å². The highest BCUT2D eigenvalue weighted by atomic mass is 32.2. The fourth-order valence-electron chi connectivity index (χ4n) is 3.34. The van der Waals surface area contributed by atoms with Crippen molar-refractivity contribution in [3.05, 3.63) is 71.1 Å². The Morgan fingerprint density at radius 1 is 1.11 bits per heavy atom. The molecule has 1 saturated heterocycles. The fourth-order valence-corrected chi connectivity index (χ4v) is 4.16. The maximum Gasteiger partial charge on any atom is 0.233 e. The van der Waals surface area contributed by atoms with E-state index in [1.54, 1.807) is 13.2 Å². The van der Waals surface area contributed by atoms with E-state index >= 15 is 0 Å². The Labute approximate surface area is 161 Å². The molecule has 1 atom stereocenters. The lowest BCUT2D eigenvalue weighted by Gasteiger charge is -2.28. The number of hydrogen-bond acceptors (Lipinski definition) is 4. The lowest BCUT2D eigenvalue weighted by Crippen LogP contribution is -2.36. The number of methoxy groups -OCH3 is 1. The van der Waals surface area contributed by atoms with Crippen LogP contribution in [0.3, 0.4) is 0 Å². The van der Waals surface area contributed by atoms with Gasteiger partial charge < -0.3 is 4.74 Å². The maximum absolute atomic E-state index is 12.4. The van der Waals surface area contributed by atoms with Crippen LogP contribution in [-0.4, -0.2) is 40.1 Å². The van der Waals surface area contributed by atoms with Gasteiger partial charge in [-0.05, 0) is 55.3 Å². The fraction of sp³-hybridized carbons (Fsp3) is 0.333. The predicted octanol–water partition coefficient (Wildman–Crippen LogP) is 3.42. The quantitative estimate of drug-likeness (QED) is 0.755. The summed E-state index contributed by atoms with van der Waals surface area (Å²) in [6.07, 6.45) is 3.89. The van der Waals surface area contributed by atoms with Crippen LogP contribution in [0.15, 0.2) is 60.0 Å². The molecule has 144 valence electrons. The average Bonchev–Trinajstić information content (AvgIpc) is 3.22. The molecule has 1 aliphatic heterocycles. The van der Waals surface area contributed by atoms with Crippen molar-refractivity contribution in [2.24, 2.45) is 0 Å². The third-order valence-corrected chi connectivity index (χ3v) is 5.84. The van der Waals surface area contributed by atoms with E-state index < -0.39 is 10.0 Å². The summed E-state index contributed by atoms with van der Waals surface area (Å²) >= 11 is 0. The predicted molar refractivity (Wildman–Crippen MR) is 109 cm³/mol. The zero-order chi connectivity index (χ0) is 19.1. The molecule has 0 amide bonds. The van der Waals surface area contributed by atoms with Gasteiger partial charge in [0.2, 0.25) is 10.0 Å². The Kier molecular flexibility index (Phi) is 6.66. The van der Waals surface area contributed by atoms with Crippen LogP contribution in [-0.2, 0) is 10.0 Å². The summed E-state index contributed by atoms with van der Waals surface area (Å²) in [6.45, 7) is 2.28. The maximum atomic E-state index is 12.4. The summed E-state index contributed by atoms with van der Waals surface area (Å²) in [5, 5.41) is 1.23. The second kappa shape index (κ2) is 9.17. The van der Waals surface area contributed by atoms with Gasteiger partial charge in [-0.3, -0.25) is 4.90 Å². The number of hydrogen-bond donors (Lipinski definition) is 1. The summed E-state index contributed by atoms with van der Waals surface area (Å²) in [4.78, 5) is 2.33. The average molecular weight is 387 g/mol. The number of sulfonamides is 1. The highest BCUT2D eigenvalue weighted by Crippen LogP contribution is 2.27. The Morgan fingerprint density at radius 3 is 2.56 bits per heavy atom. The van der Waals surface area contributed by atoms with Crippen molar-refractivity contribution in [1.29, 1.82) is 0 Å². The zero-order valence-corrected chi connectivity index (χ0v) is 16.4. The molecule has 27 heavy (non-hydrogen) atoms. The van der Waals surface area contributed by atoms with Crippen molar-refractivity contribution in [2.75, 3.05) is 26.7 Å². The Morgan fingerprint density at radius 2 is 1.85 bits per heavy atom. The van der Waals surface area contributed by atoms with Crippen LogP contribution < -0.4 is 9.46 Å². The smallest absolute Gasteiger partial charge is 0.233 e. The standard InChI is InChI=1S/C21H26N2O3S/c1-26-20-11-7-10-19(16-20)21(23-13-5-6-14-23)17-22-27(24,25)15-12-18-8-3-2-4-9-18/h2-4,7-12,15-16,21-22H,5-6,13-14,17H2,1H3. The summed E-state index contributed by atoms with van der Waals surface area (Å²) < 4.78 is 33.0. The largest absolute Gasteiger partial charge is 0.497 e. The lowest BCUT2D eigenvalue weighted by atomic mass is 10.1. The molecule has 1 aliphatic rings. The molecule has 0 radical (unpaired) electrons. The molecule has 1 unspecified atom stereocenters. The van der Waals surface area contributed by atoms with Crippen molar-refractivity contribution in [3.63, 3.8) is 0 Å². The third-order valence-electron chi connectivity index (χ3n) is 4.78. The molecule has 2 aromatic carbocycles. The first-order valence-corrected chi connectivity index (χ1v) is 10.7. The van der Waals surface area contributed by atoms with Crippen molar-refractivity contribution in [3.8, 4) is 5.75 Å². The third kappa shape index (κ3) is 5.66. The van der Waals surface area contributed by atoms with Gasteiger partial charge in [0.15, 0.2) is 0 Å². The van der Waals surface area contributed by atoms with E-state index in [4.69, 9.17) is 4.74 Å². The number of ether oxygens (including phenoxy) is 1. The van der Waals surface area contributed by atoms with Crippen molar-refractivity contribution in [2.45, 2.75) is 18.9 Å². The van der Waals surface area contributed by atoms with Crippen LogP contribution in [0.2, 0.25) is 0 Å². The summed E-state index contributed by atoms with van der Waals surface area (Å²) in [5.41, 5.74) is 1.91. The monoisotopic (exact) mass is 386 g/mol. The van der Waals surface area contributed by atoms with E-state index in [0.29, 0.717) is 6.54 Å². The molecule has 6 heteroatoms. The number of nitrogens with zero attached hydrogens (tertiary/aromatic N) is 1. The highest BCUT2D eigenvalue weighted by Gasteiger charge is 2.25. The molecule has 0 aromatic heterocycles. The van der Waals surface area contributed by atoms with Crippen LogP contribution in [0, 0.1) is 0 Å². The molecule has 3 rings (SSSR count).